The molecule has 1 aromatic heterocycles. The molecule has 1 heterocycles. The fourth-order valence-corrected chi connectivity index (χ4v) is 5.07. The molecule has 0 aliphatic rings. The van der Waals surface area contributed by atoms with Crippen LogP contribution >= 0.6 is 0 Å². The van der Waals surface area contributed by atoms with Crippen molar-refractivity contribution < 1.29 is 34.1 Å². The molecule has 6 N–H and O–H groups in total. The van der Waals surface area contributed by atoms with Crippen molar-refractivity contribution in [3.63, 3.8) is 0 Å². The van der Waals surface area contributed by atoms with Gasteiger partial charge < -0.3 is 30.9 Å². The molecule has 2 aromatic carbocycles. The third-order valence-electron chi connectivity index (χ3n) is 6.71. The highest BCUT2D eigenvalue weighted by Crippen LogP contribution is 2.42. The van der Waals surface area contributed by atoms with Crippen LogP contribution in [0.4, 0.5) is 4.39 Å². The number of aliphatic hydroxyl groups is 2. The molecule has 3 rings (SSSR count). The topological polar surface area (TPSA) is 155 Å². The van der Waals surface area contributed by atoms with E-state index in [9.17, 15) is 29.0 Å². The smallest absolute Gasteiger partial charge is 0.305 e. The second kappa shape index (κ2) is 14.6. The molecule has 0 fully saturated rings. The Hall–Kier alpha value is -4.28. The Morgan fingerprint density at radius 3 is 2.17 bits per heavy atom. The minimum Gasteiger partial charge on any atom is -0.481 e. The van der Waals surface area contributed by atoms with E-state index in [1.54, 1.807) is 19.1 Å². The first-order valence-electron chi connectivity index (χ1n) is 13.8. The number of aromatic nitrogens is 1. The maximum absolute atomic E-state index is 14.0. The van der Waals surface area contributed by atoms with Gasteiger partial charge >= 0.3 is 5.97 Å². The van der Waals surface area contributed by atoms with Crippen molar-refractivity contribution in [3.8, 4) is 22.3 Å². The SMILES string of the molecule is CC(N)=CC(=O)CNC(=O)c1c(-c2ccccc2)c(-c2ccc(F)cc2)c(CC[C@@H](O)C[C@@H](O)CC(=O)O)n1C(C)C. The molecular formula is C32H38FN3O6. The highest BCUT2D eigenvalue weighted by Gasteiger charge is 2.30. The van der Waals surface area contributed by atoms with Crippen LogP contribution in [0.1, 0.15) is 62.3 Å². The molecule has 0 saturated heterocycles. The number of benzene rings is 2. The molecule has 0 unspecified atom stereocenters. The lowest BCUT2D eigenvalue weighted by atomic mass is 9.92. The van der Waals surface area contributed by atoms with Crippen molar-refractivity contribution in [3.05, 3.63) is 83.6 Å². The minimum atomic E-state index is -1.21. The zero-order chi connectivity index (χ0) is 31.0. The number of hydrogen-bond acceptors (Lipinski definition) is 6. The van der Waals surface area contributed by atoms with E-state index in [1.165, 1.54) is 18.2 Å². The number of nitrogens with one attached hydrogen (secondary N) is 1. The third kappa shape index (κ3) is 8.37. The number of aliphatic carboxylic acids is 1. The van der Waals surface area contributed by atoms with Crippen LogP contribution in [-0.4, -0.2) is 56.3 Å². The second-order valence-electron chi connectivity index (χ2n) is 10.6. The van der Waals surface area contributed by atoms with Crippen molar-refractivity contribution in [1.82, 2.24) is 9.88 Å². The Bertz CT molecular complexity index is 1430. The molecular weight excluding hydrogens is 541 g/mol. The summed E-state index contributed by atoms with van der Waals surface area (Å²) in [4.78, 5) is 37.1. The van der Waals surface area contributed by atoms with Gasteiger partial charge in [-0.3, -0.25) is 14.4 Å². The van der Waals surface area contributed by atoms with Crippen LogP contribution in [0.2, 0.25) is 0 Å². The zero-order valence-electron chi connectivity index (χ0n) is 24.0. The first kappa shape index (κ1) is 32.2. The predicted octanol–water partition coefficient (Wildman–Crippen LogP) is 4.22. The van der Waals surface area contributed by atoms with Crippen LogP contribution in [-0.2, 0) is 16.0 Å². The number of allylic oxidation sites excluding steroid dienone is 1. The molecule has 224 valence electrons. The number of nitrogens with zero attached hydrogens (tertiary/aromatic N) is 1. The van der Waals surface area contributed by atoms with Gasteiger partial charge in [0.2, 0.25) is 0 Å². The monoisotopic (exact) mass is 579 g/mol. The lowest BCUT2D eigenvalue weighted by Gasteiger charge is -2.20. The van der Waals surface area contributed by atoms with Gasteiger partial charge in [0.15, 0.2) is 5.78 Å². The number of aliphatic hydroxyl groups excluding tert-OH is 2. The summed E-state index contributed by atoms with van der Waals surface area (Å²) in [5.41, 5.74) is 9.55. The predicted molar refractivity (Wildman–Crippen MR) is 158 cm³/mol. The molecule has 0 radical (unpaired) electrons. The van der Waals surface area contributed by atoms with Crippen LogP contribution in [0, 0.1) is 5.82 Å². The van der Waals surface area contributed by atoms with Gasteiger partial charge in [-0.2, -0.15) is 0 Å². The number of carbonyl (C=O) groups excluding carboxylic acids is 2. The zero-order valence-corrected chi connectivity index (χ0v) is 24.0. The lowest BCUT2D eigenvalue weighted by Crippen LogP contribution is -2.31. The standard InChI is InChI=1S/C32H38FN3O6/c1-19(2)36-27(14-13-24(37)16-25(38)17-28(40)41)29(22-9-11-23(33)12-10-22)30(21-7-5-4-6-8-21)31(36)32(42)35-18-26(39)15-20(3)34/h4-12,15,19,24-25,37-38H,13-14,16-18,34H2,1-3H3,(H,35,42)(H,40,41)/t24-,25-/m1/s1. The summed E-state index contributed by atoms with van der Waals surface area (Å²) < 4.78 is 15.8. The van der Waals surface area contributed by atoms with Crippen LogP contribution in [0.5, 0.6) is 0 Å². The second-order valence-corrected chi connectivity index (χ2v) is 10.6. The van der Waals surface area contributed by atoms with Crippen molar-refractivity contribution in [2.45, 2.75) is 64.7 Å². The van der Waals surface area contributed by atoms with E-state index in [2.05, 4.69) is 5.32 Å². The third-order valence-corrected chi connectivity index (χ3v) is 6.71. The number of carboxylic acids is 1. The summed E-state index contributed by atoms with van der Waals surface area (Å²) in [7, 11) is 0. The van der Waals surface area contributed by atoms with E-state index in [0.29, 0.717) is 33.8 Å². The van der Waals surface area contributed by atoms with Crippen molar-refractivity contribution >= 4 is 17.7 Å². The fraction of sp³-hybridized carbons (Fsp3) is 0.344. The summed E-state index contributed by atoms with van der Waals surface area (Å²) in [6.07, 6.45) is -1.18. The number of nitrogens with two attached hydrogens (primary N) is 1. The van der Waals surface area contributed by atoms with Crippen LogP contribution in [0.3, 0.4) is 0 Å². The molecule has 10 heteroatoms. The van der Waals surface area contributed by atoms with E-state index < -0.39 is 36.3 Å². The Labute approximate surface area is 244 Å². The van der Waals surface area contributed by atoms with Crippen molar-refractivity contribution in [2.24, 2.45) is 5.73 Å². The van der Waals surface area contributed by atoms with E-state index in [1.807, 2.05) is 48.7 Å². The van der Waals surface area contributed by atoms with Gasteiger partial charge in [-0.15, -0.1) is 0 Å². The highest BCUT2D eigenvalue weighted by molar-refractivity contribution is 6.06. The van der Waals surface area contributed by atoms with Gasteiger partial charge in [0.1, 0.15) is 11.5 Å². The van der Waals surface area contributed by atoms with Gasteiger partial charge in [-0.25, -0.2) is 4.39 Å². The van der Waals surface area contributed by atoms with Crippen LogP contribution in [0.25, 0.3) is 22.3 Å². The molecule has 2 atom stereocenters. The molecule has 42 heavy (non-hydrogen) atoms. The quantitative estimate of drug-likeness (QED) is 0.179. The largest absolute Gasteiger partial charge is 0.481 e. The minimum absolute atomic E-state index is 0.129. The number of carbonyl (C=O) groups is 3. The number of amides is 1. The molecule has 1 amide bonds. The average molecular weight is 580 g/mol. The van der Waals surface area contributed by atoms with Gasteiger partial charge in [0.25, 0.3) is 5.91 Å². The number of ketones is 1. The molecule has 0 saturated carbocycles. The summed E-state index contributed by atoms with van der Waals surface area (Å²) in [6.45, 7) is 5.12. The van der Waals surface area contributed by atoms with Crippen LogP contribution < -0.4 is 11.1 Å². The summed E-state index contributed by atoms with van der Waals surface area (Å²) in [6, 6.07) is 14.9. The van der Waals surface area contributed by atoms with Crippen molar-refractivity contribution in [1.29, 1.82) is 0 Å². The highest BCUT2D eigenvalue weighted by atomic mass is 19.1. The van der Waals surface area contributed by atoms with E-state index in [-0.39, 0.29) is 37.6 Å². The molecule has 9 nitrogen and oxygen atoms in total. The molecule has 0 aliphatic heterocycles. The van der Waals surface area contributed by atoms with Crippen molar-refractivity contribution in [2.75, 3.05) is 6.54 Å². The van der Waals surface area contributed by atoms with Gasteiger partial charge in [-0.1, -0.05) is 42.5 Å². The summed E-state index contributed by atoms with van der Waals surface area (Å²) in [5.74, 6) is -2.45. The number of rotatable bonds is 14. The lowest BCUT2D eigenvalue weighted by molar-refractivity contribution is -0.139. The molecule has 3 aromatic rings. The van der Waals surface area contributed by atoms with E-state index in [0.717, 1.165) is 5.56 Å². The maximum atomic E-state index is 14.0. The maximum Gasteiger partial charge on any atom is 0.305 e. The molecule has 0 aliphatic carbocycles. The van der Waals surface area contributed by atoms with E-state index in [4.69, 9.17) is 10.8 Å². The number of carboxylic acid groups (broad SMARTS) is 1. The first-order valence-corrected chi connectivity index (χ1v) is 13.8. The van der Waals surface area contributed by atoms with Gasteiger partial charge in [0, 0.05) is 34.6 Å². The Kier molecular flexibility index (Phi) is 11.2. The number of halogens is 1. The van der Waals surface area contributed by atoms with Crippen LogP contribution in [0.15, 0.2) is 66.4 Å². The normalized spacial score (nSPS) is 13.2. The molecule has 0 bridgehead atoms. The Balaban J connectivity index is 2.20. The molecule has 0 spiro atoms. The summed E-state index contributed by atoms with van der Waals surface area (Å²) >= 11 is 0. The van der Waals surface area contributed by atoms with E-state index >= 15 is 0 Å². The van der Waals surface area contributed by atoms with Gasteiger partial charge in [0.05, 0.1) is 25.2 Å². The average Bonchev–Trinajstić information content (AvgIpc) is 3.26. The Morgan fingerprint density at radius 2 is 1.60 bits per heavy atom. The summed E-state index contributed by atoms with van der Waals surface area (Å²) in [5, 5.41) is 32.4. The number of hydrogen-bond donors (Lipinski definition) is 5. The Morgan fingerprint density at radius 1 is 0.976 bits per heavy atom. The van der Waals surface area contributed by atoms with Gasteiger partial charge in [-0.05, 0) is 63.3 Å². The first-order chi connectivity index (χ1) is 19.9. The fourth-order valence-electron chi connectivity index (χ4n) is 5.07.